The quantitative estimate of drug-likeness (QED) is 0.901. The van der Waals surface area contributed by atoms with Crippen LogP contribution in [-0.4, -0.2) is 25.7 Å². The van der Waals surface area contributed by atoms with Gasteiger partial charge in [-0.2, -0.15) is 0 Å². The molecule has 0 aliphatic carbocycles. The summed E-state index contributed by atoms with van der Waals surface area (Å²) in [5, 5.41) is 3.12. The lowest BCUT2D eigenvalue weighted by molar-refractivity contribution is 0.0787. The molecule has 0 fully saturated rings. The van der Waals surface area contributed by atoms with Crippen LogP contribution in [0.5, 0.6) is 0 Å². The van der Waals surface area contributed by atoms with Crippen molar-refractivity contribution in [2.24, 2.45) is 5.41 Å². The third-order valence-electron chi connectivity index (χ3n) is 3.94. The predicted molar refractivity (Wildman–Crippen MR) is 94.5 cm³/mol. The van der Waals surface area contributed by atoms with Crippen LogP contribution in [0.15, 0.2) is 54.6 Å². The zero-order valence-electron chi connectivity index (χ0n) is 14.3. The largest absolute Gasteiger partial charge is 0.383 e. The molecule has 0 spiro atoms. The van der Waals surface area contributed by atoms with E-state index in [-0.39, 0.29) is 17.4 Å². The summed E-state index contributed by atoms with van der Waals surface area (Å²) in [5.74, 6) is -0.0681. The topological polar surface area (TPSA) is 38.3 Å². The van der Waals surface area contributed by atoms with Gasteiger partial charge in [-0.3, -0.25) is 4.79 Å². The van der Waals surface area contributed by atoms with E-state index in [1.807, 2.05) is 54.6 Å². The molecule has 0 bridgehead atoms. The van der Waals surface area contributed by atoms with Gasteiger partial charge < -0.3 is 10.1 Å². The zero-order valence-corrected chi connectivity index (χ0v) is 14.3. The first-order chi connectivity index (χ1) is 10.9. The second-order valence-corrected chi connectivity index (χ2v) is 6.76. The van der Waals surface area contributed by atoms with Crippen molar-refractivity contribution < 1.29 is 9.53 Å². The lowest BCUT2D eigenvalue weighted by atomic mass is 9.87. The van der Waals surface area contributed by atoms with E-state index in [0.29, 0.717) is 12.2 Å². The van der Waals surface area contributed by atoms with E-state index in [1.165, 1.54) is 0 Å². The number of hydrogen-bond acceptors (Lipinski definition) is 2. The van der Waals surface area contributed by atoms with Crippen molar-refractivity contribution in [3.63, 3.8) is 0 Å². The van der Waals surface area contributed by atoms with Crippen LogP contribution in [0.2, 0.25) is 0 Å². The fourth-order valence-corrected chi connectivity index (χ4v) is 2.46. The highest BCUT2D eigenvalue weighted by Gasteiger charge is 2.27. The van der Waals surface area contributed by atoms with E-state index in [4.69, 9.17) is 4.74 Å². The first-order valence-electron chi connectivity index (χ1n) is 7.87. The molecule has 0 heterocycles. The molecule has 122 valence electrons. The molecule has 3 heteroatoms. The molecule has 0 aliphatic rings. The Balaban J connectivity index is 2.30. The zero-order chi connectivity index (χ0) is 16.9. The number of amides is 1. The van der Waals surface area contributed by atoms with Crippen LogP contribution in [0.1, 0.15) is 31.1 Å². The van der Waals surface area contributed by atoms with Gasteiger partial charge in [0.1, 0.15) is 0 Å². The Labute approximate surface area is 138 Å². The number of benzene rings is 2. The second-order valence-electron chi connectivity index (χ2n) is 6.76. The molecule has 0 aromatic heterocycles. The molecule has 0 unspecified atom stereocenters. The number of methoxy groups -OCH3 is 1. The Morgan fingerprint density at radius 2 is 1.65 bits per heavy atom. The van der Waals surface area contributed by atoms with Crippen LogP contribution in [0, 0.1) is 5.41 Å². The van der Waals surface area contributed by atoms with Crippen molar-refractivity contribution in [2.45, 2.75) is 26.8 Å². The molecule has 2 aromatic rings. The molecular weight excluding hydrogens is 286 g/mol. The summed E-state index contributed by atoms with van der Waals surface area (Å²) < 4.78 is 5.27. The lowest BCUT2D eigenvalue weighted by Crippen LogP contribution is -2.46. The summed E-state index contributed by atoms with van der Waals surface area (Å²) in [4.78, 5) is 12.8. The predicted octanol–water partition coefficient (Wildman–Crippen LogP) is 4.14. The van der Waals surface area contributed by atoms with E-state index in [2.05, 4.69) is 26.1 Å². The summed E-state index contributed by atoms with van der Waals surface area (Å²) in [6.45, 7) is 6.78. The van der Waals surface area contributed by atoms with Gasteiger partial charge in [-0.1, -0.05) is 69.3 Å². The Bertz CT molecular complexity index is 644. The van der Waals surface area contributed by atoms with Gasteiger partial charge in [0.05, 0.1) is 12.6 Å². The SMILES string of the molecule is COC[C@@H](NC(=O)c1ccccc1-c1ccccc1)C(C)(C)C. The monoisotopic (exact) mass is 311 g/mol. The maximum atomic E-state index is 12.8. The van der Waals surface area contributed by atoms with Crippen molar-refractivity contribution in [3.05, 3.63) is 60.2 Å². The third kappa shape index (κ3) is 4.42. The highest BCUT2D eigenvalue weighted by atomic mass is 16.5. The first kappa shape index (κ1) is 17.2. The van der Waals surface area contributed by atoms with Gasteiger partial charge >= 0.3 is 0 Å². The molecule has 23 heavy (non-hydrogen) atoms. The minimum Gasteiger partial charge on any atom is -0.383 e. The summed E-state index contributed by atoms with van der Waals surface area (Å²) in [7, 11) is 1.66. The number of hydrogen-bond donors (Lipinski definition) is 1. The van der Waals surface area contributed by atoms with Gasteiger partial charge in [-0.05, 0) is 22.6 Å². The van der Waals surface area contributed by atoms with E-state index < -0.39 is 0 Å². The van der Waals surface area contributed by atoms with Gasteiger partial charge in [0.2, 0.25) is 0 Å². The van der Waals surface area contributed by atoms with Crippen molar-refractivity contribution >= 4 is 5.91 Å². The fourth-order valence-electron chi connectivity index (χ4n) is 2.46. The van der Waals surface area contributed by atoms with Gasteiger partial charge in [0.15, 0.2) is 0 Å². The van der Waals surface area contributed by atoms with Crippen molar-refractivity contribution in [2.75, 3.05) is 13.7 Å². The van der Waals surface area contributed by atoms with Crippen LogP contribution >= 0.6 is 0 Å². The molecule has 1 atom stereocenters. The Kier molecular flexibility index (Phi) is 5.56. The summed E-state index contributed by atoms with van der Waals surface area (Å²) in [5.41, 5.74) is 2.59. The molecule has 0 aliphatic heterocycles. The molecule has 1 N–H and O–H groups in total. The standard InChI is InChI=1S/C20H25NO2/c1-20(2,3)18(14-23-4)21-19(22)17-13-9-8-12-16(17)15-10-6-5-7-11-15/h5-13,18H,14H2,1-4H3,(H,21,22)/t18-/m1/s1. The van der Waals surface area contributed by atoms with Crippen molar-refractivity contribution in [1.82, 2.24) is 5.32 Å². The molecule has 3 nitrogen and oxygen atoms in total. The van der Waals surface area contributed by atoms with Crippen LogP contribution in [0.3, 0.4) is 0 Å². The summed E-state index contributed by atoms with van der Waals surface area (Å²) >= 11 is 0. The van der Waals surface area contributed by atoms with Crippen molar-refractivity contribution in [1.29, 1.82) is 0 Å². The van der Waals surface area contributed by atoms with Gasteiger partial charge in [-0.15, -0.1) is 0 Å². The normalized spacial score (nSPS) is 12.7. The average Bonchev–Trinajstić information content (AvgIpc) is 2.54. The molecule has 0 saturated heterocycles. The van der Waals surface area contributed by atoms with Crippen molar-refractivity contribution in [3.8, 4) is 11.1 Å². The second kappa shape index (κ2) is 7.42. The average molecular weight is 311 g/mol. The van der Waals surface area contributed by atoms with E-state index >= 15 is 0 Å². The van der Waals surface area contributed by atoms with Gasteiger partial charge in [0, 0.05) is 12.7 Å². The minimum atomic E-state index is -0.0760. The molecule has 2 rings (SSSR count). The molecule has 0 radical (unpaired) electrons. The van der Waals surface area contributed by atoms with Gasteiger partial charge in [0.25, 0.3) is 5.91 Å². The number of carbonyl (C=O) groups is 1. The first-order valence-corrected chi connectivity index (χ1v) is 7.87. The number of carbonyl (C=O) groups excluding carboxylic acids is 1. The van der Waals surface area contributed by atoms with Crippen LogP contribution in [-0.2, 0) is 4.74 Å². The number of ether oxygens (including phenoxy) is 1. The Morgan fingerprint density at radius 3 is 2.26 bits per heavy atom. The molecule has 1 amide bonds. The minimum absolute atomic E-state index is 0.0520. The van der Waals surface area contributed by atoms with Crippen LogP contribution in [0.25, 0.3) is 11.1 Å². The number of rotatable bonds is 5. The highest BCUT2D eigenvalue weighted by Crippen LogP contribution is 2.25. The summed E-state index contributed by atoms with van der Waals surface area (Å²) in [6.07, 6.45) is 0. The smallest absolute Gasteiger partial charge is 0.252 e. The van der Waals surface area contributed by atoms with E-state index in [1.54, 1.807) is 7.11 Å². The Hall–Kier alpha value is -2.13. The van der Waals surface area contributed by atoms with E-state index in [0.717, 1.165) is 11.1 Å². The van der Waals surface area contributed by atoms with E-state index in [9.17, 15) is 4.79 Å². The maximum absolute atomic E-state index is 12.8. The summed E-state index contributed by atoms with van der Waals surface area (Å²) in [6, 6.07) is 17.6. The highest BCUT2D eigenvalue weighted by molar-refractivity contribution is 6.01. The fraction of sp³-hybridized carbons (Fsp3) is 0.350. The maximum Gasteiger partial charge on any atom is 0.252 e. The molecule has 2 aromatic carbocycles. The Morgan fingerprint density at radius 1 is 1.04 bits per heavy atom. The van der Waals surface area contributed by atoms with Crippen LogP contribution < -0.4 is 5.32 Å². The van der Waals surface area contributed by atoms with Crippen LogP contribution in [0.4, 0.5) is 0 Å². The lowest BCUT2D eigenvalue weighted by Gasteiger charge is -2.31. The third-order valence-corrected chi connectivity index (χ3v) is 3.94. The molecular formula is C20H25NO2. The molecule has 0 saturated carbocycles. The van der Waals surface area contributed by atoms with Gasteiger partial charge in [-0.25, -0.2) is 0 Å². The number of nitrogens with one attached hydrogen (secondary N) is 1.